The van der Waals surface area contributed by atoms with Crippen molar-refractivity contribution in [3.63, 3.8) is 0 Å². The van der Waals surface area contributed by atoms with Crippen molar-refractivity contribution in [2.45, 2.75) is 6.92 Å². The van der Waals surface area contributed by atoms with Crippen LogP contribution in [0.25, 0.3) is 11.3 Å². The summed E-state index contributed by atoms with van der Waals surface area (Å²) in [6.07, 6.45) is 1.51. The molecule has 1 aromatic heterocycles. The van der Waals surface area contributed by atoms with Crippen LogP contribution in [0.4, 0.5) is 4.39 Å². The molecule has 0 radical (unpaired) electrons. The lowest BCUT2D eigenvalue weighted by Crippen LogP contribution is -1.90. The van der Waals surface area contributed by atoms with Crippen LogP contribution in [0.15, 0.2) is 30.5 Å². The molecule has 0 N–H and O–H groups in total. The van der Waals surface area contributed by atoms with E-state index >= 15 is 0 Å². The van der Waals surface area contributed by atoms with Crippen molar-refractivity contribution in [1.29, 1.82) is 0 Å². The second-order valence-electron chi connectivity index (χ2n) is 3.19. The van der Waals surface area contributed by atoms with E-state index in [1.165, 1.54) is 12.3 Å². The Morgan fingerprint density at radius 1 is 1.27 bits per heavy atom. The van der Waals surface area contributed by atoms with Crippen molar-refractivity contribution in [3.05, 3.63) is 47.1 Å². The molecule has 15 heavy (non-hydrogen) atoms. The molecule has 4 heteroatoms. The zero-order valence-electron chi connectivity index (χ0n) is 8.04. The summed E-state index contributed by atoms with van der Waals surface area (Å²) in [4.78, 5) is 7.71. The van der Waals surface area contributed by atoms with Gasteiger partial charge in [0.1, 0.15) is 5.82 Å². The van der Waals surface area contributed by atoms with E-state index in [4.69, 9.17) is 11.6 Å². The van der Waals surface area contributed by atoms with Gasteiger partial charge in [0, 0.05) is 11.8 Å². The molecule has 0 spiro atoms. The maximum atomic E-state index is 13.5. The van der Waals surface area contributed by atoms with E-state index in [-0.39, 0.29) is 11.1 Å². The molecule has 0 aliphatic rings. The first kappa shape index (κ1) is 10.1. The van der Waals surface area contributed by atoms with Crippen LogP contribution in [0.1, 0.15) is 5.56 Å². The van der Waals surface area contributed by atoms with Crippen molar-refractivity contribution in [3.8, 4) is 11.3 Å². The van der Waals surface area contributed by atoms with Gasteiger partial charge in [-0.05, 0) is 36.7 Å². The highest BCUT2D eigenvalue weighted by atomic mass is 35.5. The van der Waals surface area contributed by atoms with Crippen molar-refractivity contribution in [2.24, 2.45) is 0 Å². The van der Waals surface area contributed by atoms with Crippen LogP contribution >= 0.6 is 11.6 Å². The summed E-state index contributed by atoms with van der Waals surface area (Å²) < 4.78 is 13.5. The number of halogens is 2. The average Bonchev–Trinajstić information content (AvgIpc) is 2.22. The van der Waals surface area contributed by atoms with Crippen LogP contribution in [0.5, 0.6) is 0 Å². The Kier molecular flexibility index (Phi) is 2.64. The zero-order valence-corrected chi connectivity index (χ0v) is 8.79. The number of benzene rings is 1. The van der Waals surface area contributed by atoms with Crippen LogP contribution in [-0.4, -0.2) is 9.97 Å². The molecule has 1 heterocycles. The fourth-order valence-electron chi connectivity index (χ4n) is 1.32. The highest BCUT2D eigenvalue weighted by Gasteiger charge is 2.06. The predicted molar refractivity (Wildman–Crippen MR) is 57.2 cm³/mol. The van der Waals surface area contributed by atoms with Crippen molar-refractivity contribution in [1.82, 2.24) is 9.97 Å². The molecule has 0 aliphatic carbocycles. The summed E-state index contributed by atoms with van der Waals surface area (Å²) in [6, 6.07) is 6.49. The summed E-state index contributed by atoms with van der Waals surface area (Å²) in [6.45, 7) is 1.89. The summed E-state index contributed by atoms with van der Waals surface area (Å²) in [5.74, 6) is -0.310. The van der Waals surface area contributed by atoms with Crippen molar-refractivity contribution in [2.75, 3.05) is 0 Å². The highest BCUT2D eigenvalue weighted by molar-refractivity contribution is 6.28. The van der Waals surface area contributed by atoms with Gasteiger partial charge in [-0.25, -0.2) is 14.4 Å². The van der Waals surface area contributed by atoms with Gasteiger partial charge in [-0.15, -0.1) is 0 Å². The van der Waals surface area contributed by atoms with E-state index in [1.54, 1.807) is 18.2 Å². The fraction of sp³-hybridized carbons (Fsp3) is 0.0909. The highest BCUT2D eigenvalue weighted by Crippen LogP contribution is 2.22. The summed E-state index contributed by atoms with van der Waals surface area (Å²) in [5.41, 5.74) is 1.91. The summed E-state index contributed by atoms with van der Waals surface area (Å²) >= 11 is 5.64. The Hall–Kier alpha value is -1.48. The van der Waals surface area contributed by atoms with Gasteiger partial charge in [0.25, 0.3) is 0 Å². The number of hydrogen-bond donors (Lipinski definition) is 0. The fourth-order valence-corrected chi connectivity index (χ4v) is 1.47. The lowest BCUT2D eigenvalue weighted by atomic mass is 10.1. The minimum absolute atomic E-state index is 0.119. The monoisotopic (exact) mass is 222 g/mol. The van der Waals surface area contributed by atoms with E-state index in [2.05, 4.69) is 9.97 Å². The van der Waals surface area contributed by atoms with Crippen molar-refractivity contribution >= 4 is 11.6 Å². The van der Waals surface area contributed by atoms with Crippen LogP contribution in [0, 0.1) is 12.7 Å². The molecule has 1 aromatic carbocycles. The lowest BCUT2D eigenvalue weighted by Gasteiger charge is -2.03. The number of hydrogen-bond acceptors (Lipinski definition) is 2. The van der Waals surface area contributed by atoms with Crippen molar-refractivity contribution < 1.29 is 4.39 Å². The minimum Gasteiger partial charge on any atom is -0.226 e. The Morgan fingerprint density at radius 3 is 2.80 bits per heavy atom. The first-order valence-electron chi connectivity index (χ1n) is 4.42. The largest absolute Gasteiger partial charge is 0.226 e. The molecular formula is C11H8ClFN2. The maximum absolute atomic E-state index is 13.5. The number of aromatic nitrogens is 2. The van der Waals surface area contributed by atoms with Crippen LogP contribution < -0.4 is 0 Å². The molecule has 0 fully saturated rings. The lowest BCUT2D eigenvalue weighted by molar-refractivity contribution is 0.630. The second kappa shape index (κ2) is 3.95. The van der Waals surface area contributed by atoms with E-state index < -0.39 is 0 Å². The topological polar surface area (TPSA) is 25.8 Å². The Morgan fingerprint density at radius 2 is 2.07 bits per heavy atom. The van der Waals surface area contributed by atoms with Crippen LogP contribution in [-0.2, 0) is 0 Å². The van der Waals surface area contributed by atoms with Crippen LogP contribution in [0.2, 0.25) is 5.28 Å². The quantitative estimate of drug-likeness (QED) is 0.693. The molecule has 0 saturated heterocycles. The van der Waals surface area contributed by atoms with E-state index in [0.29, 0.717) is 11.3 Å². The Labute approximate surface area is 91.8 Å². The molecule has 0 unspecified atom stereocenters. The van der Waals surface area contributed by atoms with Crippen LogP contribution in [0.3, 0.4) is 0 Å². The Bertz CT molecular complexity index is 500. The summed E-state index contributed by atoms with van der Waals surface area (Å²) in [7, 11) is 0. The van der Waals surface area contributed by atoms with Gasteiger partial charge in [-0.2, -0.15) is 0 Å². The average molecular weight is 223 g/mol. The maximum Gasteiger partial charge on any atom is 0.222 e. The normalized spacial score (nSPS) is 10.3. The first-order chi connectivity index (χ1) is 7.16. The van der Waals surface area contributed by atoms with E-state index in [0.717, 1.165) is 5.56 Å². The van der Waals surface area contributed by atoms with Gasteiger partial charge < -0.3 is 0 Å². The molecular weight excluding hydrogens is 215 g/mol. The molecule has 0 atom stereocenters. The third kappa shape index (κ3) is 2.13. The number of aryl methyl sites for hydroxylation is 1. The number of rotatable bonds is 1. The van der Waals surface area contributed by atoms with Gasteiger partial charge in [0.2, 0.25) is 5.28 Å². The minimum atomic E-state index is -0.310. The van der Waals surface area contributed by atoms with Gasteiger partial charge >= 0.3 is 0 Å². The predicted octanol–water partition coefficient (Wildman–Crippen LogP) is 3.24. The molecule has 0 saturated carbocycles. The molecule has 76 valence electrons. The SMILES string of the molecule is Cc1ccc(F)c(-c2ccnc(Cl)n2)c1. The summed E-state index contributed by atoms with van der Waals surface area (Å²) in [5, 5.41) is 0.119. The third-order valence-electron chi connectivity index (χ3n) is 2.02. The number of nitrogens with zero attached hydrogens (tertiary/aromatic N) is 2. The Balaban J connectivity index is 2.58. The molecule has 0 amide bonds. The first-order valence-corrected chi connectivity index (χ1v) is 4.79. The molecule has 0 bridgehead atoms. The van der Waals surface area contributed by atoms with E-state index in [1.807, 2.05) is 6.92 Å². The van der Waals surface area contributed by atoms with Gasteiger partial charge in [0.15, 0.2) is 0 Å². The molecule has 0 aliphatic heterocycles. The molecule has 2 rings (SSSR count). The van der Waals surface area contributed by atoms with Gasteiger partial charge in [0.05, 0.1) is 5.69 Å². The molecule has 2 nitrogen and oxygen atoms in total. The smallest absolute Gasteiger partial charge is 0.222 e. The van der Waals surface area contributed by atoms with Gasteiger partial charge in [-0.1, -0.05) is 11.6 Å². The second-order valence-corrected chi connectivity index (χ2v) is 3.53. The zero-order chi connectivity index (χ0) is 10.8. The van der Waals surface area contributed by atoms with E-state index in [9.17, 15) is 4.39 Å². The molecule has 2 aromatic rings. The standard InChI is InChI=1S/C11H8ClFN2/c1-7-2-3-9(13)8(6-7)10-4-5-14-11(12)15-10/h2-6H,1H3. The van der Waals surface area contributed by atoms with Gasteiger partial charge in [-0.3, -0.25) is 0 Å². The third-order valence-corrected chi connectivity index (χ3v) is 2.21.